The van der Waals surface area contributed by atoms with Gasteiger partial charge >= 0.3 is 0 Å². The first-order valence-corrected chi connectivity index (χ1v) is 7.00. The molecule has 108 valence electrons. The van der Waals surface area contributed by atoms with Crippen LogP contribution >= 0.6 is 0 Å². The average Bonchev–Trinajstić information content (AvgIpc) is 2.44. The molecule has 1 aromatic carbocycles. The minimum atomic E-state index is 0.320. The van der Waals surface area contributed by atoms with Crippen LogP contribution < -0.4 is 16.8 Å². The third-order valence-corrected chi connectivity index (χ3v) is 3.58. The molecule has 0 amide bonds. The van der Waals surface area contributed by atoms with Crippen LogP contribution in [-0.4, -0.2) is 21.8 Å². The van der Waals surface area contributed by atoms with Crippen LogP contribution in [-0.2, 0) is 0 Å². The molecule has 3 rings (SSSR count). The Hall–Kier alpha value is -2.63. The van der Waals surface area contributed by atoms with Gasteiger partial charge in [-0.15, -0.1) is 0 Å². The van der Waals surface area contributed by atoms with Gasteiger partial charge in [0.1, 0.15) is 29.4 Å². The molecule has 1 aliphatic rings. The van der Waals surface area contributed by atoms with E-state index in [4.69, 9.17) is 11.5 Å². The molecule has 1 heterocycles. The third kappa shape index (κ3) is 2.94. The van der Waals surface area contributed by atoms with Crippen LogP contribution in [0.3, 0.4) is 0 Å². The van der Waals surface area contributed by atoms with E-state index in [1.54, 1.807) is 0 Å². The highest BCUT2D eigenvalue weighted by Crippen LogP contribution is 2.26. The number of aliphatic imine (C=N–C) groups is 1. The molecular weight excluding hydrogens is 264 g/mol. The van der Waals surface area contributed by atoms with E-state index in [0.29, 0.717) is 29.1 Å². The largest absolute Gasteiger partial charge is 0.383 e. The van der Waals surface area contributed by atoms with Crippen molar-refractivity contribution in [3.05, 3.63) is 42.2 Å². The lowest BCUT2D eigenvalue weighted by Crippen LogP contribution is -2.30. The second kappa shape index (κ2) is 5.78. The van der Waals surface area contributed by atoms with Crippen LogP contribution in [0.2, 0.25) is 0 Å². The van der Waals surface area contributed by atoms with Crippen LogP contribution in [0.25, 0.3) is 0 Å². The maximum atomic E-state index is 6.11. The van der Waals surface area contributed by atoms with Gasteiger partial charge in [0.2, 0.25) is 0 Å². The summed E-state index contributed by atoms with van der Waals surface area (Å²) in [6.07, 6.45) is 4.95. The number of nitrogens with two attached hydrogens (primary N) is 2. The van der Waals surface area contributed by atoms with Gasteiger partial charge in [0.25, 0.3) is 0 Å². The predicted octanol–water partition coefficient (Wildman–Crippen LogP) is 2.06. The van der Waals surface area contributed by atoms with Gasteiger partial charge in [-0.25, -0.2) is 15.0 Å². The molecule has 21 heavy (non-hydrogen) atoms. The standard InChI is InChI=1S/C15H18N6/c16-13-12(14(17)20-10-5-2-1-3-6-10)15(19-9-18-13)21-11-7-4-8-11/h1-3,5-6,9,11H,4,7-8H2,(H2,17,20)(H3,16,18,19,21). The van der Waals surface area contributed by atoms with Gasteiger partial charge in [0, 0.05) is 6.04 Å². The number of para-hydroxylation sites is 1. The summed E-state index contributed by atoms with van der Waals surface area (Å²) in [6, 6.07) is 9.94. The van der Waals surface area contributed by atoms with Crippen molar-refractivity contribution in [2.24, 2.45) is 10.7 Å². The third-order valence-electron chi connectivity index (χ3n) is 3.58. The molecule has 1 aromatic heterocycles. The SMILES string of the molecule is NC(=Nc1ccccc1)c1c(N)ncnc1NC1CCC1. The molecule has 1 fully saturated rings. The van der Waals surface area contributed by atoms with Gasteiger partial charge in [-0.1, -0.05) is 18.2 Å². The number of nitrogens with one attached hydrogen (secondary N) is 1. The Morgan fingerprint density at radius 1 is 1.19 bits per heavy atom. The van der Waals surface area contributed by atoms with E-state index in [-0.39, 0.29) is 0 Å². The number of nitrogen functional groups attached to an aromatic ring is 1. The van der Waals surface area contributed by atoms with Crippen LogP contribution in [0.5, 0.6) is 0 Å². The van der Waals surface area contributed by atoms with Crippen molar-refractivity contribution in [2.45, 2.75) is 25.3 Å². The lowest BCUT2D eigenvalue weighted by Gasteiger charge is -2.27. The summed E-state index contributed by atoms with van der Waals surface area (Å²) in [6.45, 7) is 0. The summed E-state index contributed by atoms with van der Waals surface area (Å²) >= 11 is 0. The van der Waals surface area contributed by atoms with Crippen LogP contribution in [0.1, 0.15) is 24.8 Å². The van der Waals surface area contributed by atoms with Gasteiger partial charge < -0.3 is 16.8 Å². The maximum Gasteiger partial charge on any atom is 0.142 e. The zero-order valence-electron chi connectivity index (χ0n) is 11.7. The van der Waals surface area contributed by atoms with E-state index < -0.39 is 0 Å². The Balaban J connectivity index is 1.94. The summed E-state index contributed by atoms with van der Waals surface area (Å²) in [7, 11) is 0. The van der Waals surface area contributed by atoms with Gasteiger partial charge in [-0.05, 0) is 31.4 Å². The molecule has 1 aliphatic carbocycles. The molecule has 0 bridgehead atoms. The minimum absolute atomic E-state index is 0.320. The molecule has 6 nitrogen and oxygen atoms in total. The normalized spacial score (nSPS) is 15.5. The molecule has 0 atom stereocenters. The monoisotopic (exact) mass is 282 g/mol. The molecule has 5 N–H and O–H groups in total. The molecule has 0 saturated heterocycles. The Labute approximate surface area is 123 Å². The van der Waals surface area contributed by atoms with Crippen molar-refractivity contribution in [2.75, 3.05) is 11.1 Å². The fourth-order valence-corrected chi connectivity index (χ4v) is 2.20. The van der Waals surface area contributed by atoms with Gasteiger partial charge in [0.05, 0.1) is 5.69 Å². The lowest BCUT2D eigenvalue weighted by molar-refractivity contribution is 0.444. The van der Waals surface area contributed by atoms with Crippen molar-refractivity contribution < 1.29 is 0 Å². The topological polar surface area (TPSA) is 102 Å². The van der Waals surface area contributed by atoms with E-state index >= 15 is 0 Å². The number of amidine groups is 1. The van der Waals surface area contributed by atoms with Gasteiger partial charge in [-0.2, -0.15) is 0 Å². The molecule has 6 heteroatoms. The van der Waals surface area contributed by atoms with E-state index in [2.05, 4.69) is 20.3 Å². The van der Waals surface area contributed by atoms with Crippen molar-refractivity contribution >= 4 is 23.2 Å². The van der Waals surface area contributed by atoms with E-state index in [0.717, 1.165) is 18.5 Å². The Bertz CT molecular complexity index is 648. The van der Waals surface area contributed by atoms with Crippen molar-refractivity contribution in [1.29, 1.82) is 0 Å². The number of nitrogens with zero attached hydrogens (tertiary/aromatic N) is 3. The fourth-order valence-electron chi connectivity index (χ4n) is 2.20. The molecule has 2 aromatic rings. The quantitative estimate of drug-likeness (QED) is 0.588. The van der Waals surface area contributed by atoms with Crippen molar-refractivity contribution in [1.82, 2.24) is 9.97 Å². The zero-order chi connectivity index (χ0) is 14.7. The smallest absolute Gasteiger partial charge is 0.142 e. The molecular formula is C15H18N6. The average molecular weight is 282 g/mol. The Morgan fingerprint density at radius 3 is 2.62 bits per heavy atom. The summed E-state index contributed by atoms with van der Waals surface area (Å²) < 4.78 is 0. The van der Waals surface area contributed by atoms with Crippen molar-refractivity contribution in [3.8, 4) is 0 Å². The Kier molecular flexibility index (Phi) is 3.68. The van der Waals surface area contributed by atoms with Gasteiger partial charge in [-0.3, -0.25) is 0 Å². The summed E-state index contributed by atoms with van der Waals surface area (Å²) in [5.74, 6) is 1.31. The number of aromatic nitrogens is 2. The molecule has 1 saturated carbocycles. The fraction of sp³-hybridized carbons (Fsp3) is 0.267. The number of anilines is 2. The molecule has 0 unspecified atom stereocenters. The minimum Gasteiger partial charge on any atom is -0.383 e. The van der Waals surface area contributed by atoms with E-state index in [9.17, 15) is 0 Å². The highest BCUT2D eigenvalue weighted by atomic mass is 15.1. The molecule has 0 radical (unpaired) electrons. The van der Waals surface area contributed by atoms with E-state index in [1.165, 1.54) is 12.7 Å². The summed E-state index contributed by atoms with van der Waals surface area (Å²) in [5.41, 5.74) is 13.4. The predicted molar refractivity (Wildman–Crippen MR) is 84.5 cm³/mol. The number of hydrogen-bond acceptors (Lipinski definition) is 5. The summed E-state index contributed by atoms with van der Waals surface area (Å²) in [4.78, 5) is 12.7. The first kappa shape index (κ1) is 13.4. The highest BCUT2D eigenvalue weighted by Gasteiger charge is 2.21. The number of benzene rings is 1. The maximum absolute atomic E-state index is 6.11. The Morgan fingerprint density at radius 2 is 1.95 bits per heavy atom. The van der Waals surface area contributed by atoms with Crippen LogP contribution in [0.15, 0.2) is 41.7 Å². The second-order valence-corrected chi connectivity index (χ2v) is 5.09. The second-order valence-electron chi connectivity index (χ2n) is 5.09. The van der Waals surface area contributed by atoms with Gasteiger partial charge in [0.15, 0.2) is 0 Å². The van der Waals surface area contributed by atoms with Crippen molar-refractivity contribution in [3.63, 3.8) is 0 Å². The van der Waals surface area contributed by atoms with Crippen LogP contribution in [0, 0.1) is 0 Å². The lowest BCUT2D eigenvalue weighted by atomic mass is 9.93. The summed E-state index contributed by atoms with van der Waals surface area (Å²) in [5, 5.41) is 3.36. The molecule has 0 aliphatic heterocycles. The number of rotatable bonds is 4. The number of hydrogen-bond donors (Lipinski definition) is 3. The van der Waals surface area contributed by atoms with E-state index in [1.807, 2.05) is 30.3 Å². The van der Waals surface area contributed by atoms with Crippen LogP contribution in [0.4, 0.5) is 17.3 Å². The first-order valence-electron chi connectivity index (χ1n) is 7.00. The first-order chi connectivity index (χ1) is 10.2. The molecule has 0 spiro atoms. The zero-order valence-corrected chi connectivity index (χ0v) is 11.7. The highest BCUT2D eigenvalue weighted by molar-refractivity contribution is 6.06.